The van der Waals surface area contributed by atoms with Gasteiger partial charge in [-0.25, -0.2) is 4.39 Å². The molecule has 0 aliphatic carbocycles. The standard InChI is InChI=1S/C16H20FN3O3/c1-16(2,3)20-14(22)8-18-15(23)11-7-13(21)19-12-6-9(17)4-5-10(11)12/h4-6,11H,7-8H2,1-3H3,(H,18,23)(H,19,21)(H,20,22)/t11-/m0/s1. The fourth-order valence-electron chi connectivity index (χ4n) is 2.42. The van der Waals surface area contributed by atoms with Crippen molar-refractivity contribution in [2.45, 2.75) is 38.6 Å². The molecule has 0 spiro atoms. The highest BCUT2D eigenvalue weighted by Gasteiger charge is 2.31. The van der Waals surface area contributed by atoms with Gasteiger partial charge in [-0.2, -0.15) is 0 Å². The first-order chi connectivity index (χ1) is 10.7. The number of nitrogens with one attached hydrogen (secondary N) is 3. The van der Waals surface area contributed by atoms with Crippen molar-refractivity contribution in [2.75, 3.05) is 11.9 Å². The third-order valence-electron chi connectivity index (χ3n) is 3.31. The number of amides is 3. The van der Waals surface area contributed by atoms with Gasteiger partial charge in [0.25, 0.3) is 0 Å². The van der Waals surface area contributed by atoms with Gasteiger partial charge in [-0.1, -0.05) is 6.07 Å². The summed E-state index contributed by atoms with van der Waals surface area (Å²) < 4.78 is 13.3. The molecule has 7 heteroatoms. The Labute approximate surface area is 133 Å². The van der Waals surface area contributed by atoms with Crippen LogP contribution >= 0.6 is 0 Å². The van der Waals surface area contributed by atoms with Crippen molar-refractivity contribution in [1.29, 1.82) is 0 Å². The van der Waals surface area contributed by atoms with Crippen molar-refractivity contribution in [1.82, 2.24) is 10.6 Å². The van der Waals surface area contributed by atoms with E-state index in [-0.39, 0.29) is 24.8 Å². The number of carbonyl (C=O) groups excluding carboxylic acids is 3. The number of rotatable bonds is 3. The molecule has 1 aliphatic rings. The zero-order chi connectivity index (χ0) is 17.2. The van der Waals surface area contributed by atoms with E-state index >= 15 is 0 Å². The molecule has 3 N–H and O–H groups in total. The van der Waals surface area contributed by atoms with Gasteiger partial charge < -0.3 is 16.0 Å². The second-order valence-corrected chi connectivity index (χ2v) is 6.55. The third kappa shape index (κ3) is 4.51. The molecule has 0 bridgehead atoms. The lowest BCUT2D eigenvalue weighted by Crippen LogP contribution is -2.47. The van der Waals surface area contributed by atoms with Crippen molar-refractivity contribution in [3.05, 3.63) is 29.6 Å². The summed E-state index contributed by atoms with van der Waals surface area (Å²) in [5.41, 5.74) is 0.441. The van der Waals surface area contributed by atoms with E-state index < -0.39 is 23.2 Å². The Kier molecular flexibility index (Phi) is 4.68. The van der Waals surface area contributed by atoms with Gasteiger partial charge in [0.2, 0.25) is 17.7 Å². The van der Waals surface area contributed by atoms with Crippen molar-refractivity contribution in [2.24, 2.45) is 0 Å². The van der Waals surface area contributed by atoms with Crippen LogP contribution in [0.3, 0.4) is 0 Å². The van der Waals surface area contributed by atoms with Crippen LogP contribution in [0.15, 0.2) is 18.2 Å². The minimum absolute atomic E-state index is 0.0364. The Hall–Kier alpha value is -2.44. The van der Waals surface area contributed by atoms with Crippen LogP contribution in [0, 0.1) is 5.82 Å². The predicted molar refractivity (Wildman–Crippen MR) is 83.3 cm³/mol. The summed E-state index contributed by atoms with van der Waals surface area (Å²) in [5.74, 6) is -2.33. The summed E-state index contributed by atoms with van der Waals surface area (Å²) in [4.78, 5) is 35.7. The summed E-state index contributed by atoms with van der Waals surface area (Å²) in [6.07, 6.45) is -0.0364. The van der Waals surface area contributed by atoms with Gasteiger partial charge in [-0.3, -0.25) is 14.4 Å². The number of hydrogen-bond donors (Lipinski definition) is 3. The second kappa shape index (κ2) is 6.36. The highest BCUT2D eigenvalue weighted by Crippen LogP contribution is 2.32. The first-order valence-corrected chi connectivity index (χ1v) is 7.34. The summed E-state index contributed by atoms with van der Waals surface area (Å²) in [7, 11) is 0. The topological polar surface area (TPSA) is 87.3 Å². The van der Waals surface area contributed by atoms with Crippen LogP contribution in [0.5, 0.6) is 0 Å². The van der Waals surface area contributed by atoms with Crippen LogP contribution in [0.1, 0.15) is 38.7 Å². The maximum Gasteiger partial charge on any atom is 0.239 e. The molecule has 0 unspecified atom stereocenters. The summed E-state index contributed by atoms with van der Waals surface area (Å²) in [6.45, 7) is 5.33. The molecule has 1 aromatic carbocycles. The molecule has 0 radical (unpaired) electrons. The maximum absolute atomic E-state index is 13.3. The highest BCUT2D eigenvalue weighted by atomic mass is 19.1. The van der Waals surface area contributed by atoms with E-state index in [1.807, 2.05) is 20.8 Å². The van der Waals surface area contributed by atoms with Crippen LogP contribution in [-0.2, 0) is 14.4 Å². The van der Waals surface area contributed by atoms with Gasteiger partial charge in [0, 0.05) is 17.6 Å². The van der Waals surface area contributed by atoms with E-state index in [1.165, 1.54) is 18.2 Å². The van der Waals surface area contributed by atoms with Crippen molar-refractivity contribution in [3.8, 4) is 0 Å². The van der Waals surface area contributed by atoms with Gasteiger partial charge >= 0.3 is 0 Å². The normalized spacial score (nSPS) is 17.0. The van der Waals surface area contributed by atoms with Crippen LogP contribution in [0.4, 0.5) is 10.1 Å². The number of carbonyl (C=O) groups is 3. The molecular weight excluding hydrogens is 301 g/mol. The molecule has 124 valence electrons. The molecule has 6 nitrogen and oxygen atoms in total. The van der Waals surface area contributed by atoms with Crippen molar-refractivity contribution in [3.63, 3.8) is 0 Å². The second-order valence-electron chi connectivity index (χ2n) is 6.55. The maximum atomic E-state index is 13.3. The molecule has 1 heterocycles. The van der Waals surface area contributed by atoms with Crippen LogP contribution in [0.2, 0.25) is 0 Å². The van der Waals surface area contributed by atoms with E-state index in [0.29, 0.717) is 11.3 Å². The zero-order valence-electron chi connectivity index (χ0n) is 13.3. The SMILES string of the molecule is CC(C)(C)NC(=O)CNC(=O)[C@H]1CC(=O)Nc2cc(F)ccc21. The highest BCUT2D eigenvalue weighted by molar-refractivity contribution is 6.01. The monoisotopic (exact) mass is 321 g/mol. The fourth-order valence-corrected chi connectivity index (χ4v) is 2.42. The average molecular weight is 321 g/mol. The van der Waals surface area contributed by atoms with Crippen LogP contribution in [0.25, 0.3) is 0 Å². The Bertz CT molecular complexity index is 652. The van der Waals surface area contributed by atoms with Crippen molar-refractivity contribution >= 4 is 23.4 Å². The molecule has 3 amide bonds. The summed E-state index contributed by atoms with van der Waals surface area (Å²) in [5, 5.41) is 7.80. The van der Waals surface area contributed by atoms with E-state index in [4.69, 9.17) is 0 Å². The lowest BCUT2D eigenvalue weighted by molar-refractivity contribution is -0.129. The molecule has 0 saturated carbocycles. The molecule has 1 atom stereocenters. The van der Waals surface area contributed by atoms with Gasteiger partial charge in [0.15, 0.2) is 0 Å². The minimum atomic E-state index is -0.734. The van der Waals surface area contributed by atoms with Crippen LogP contribution < -0.4 is 16.0 Å². The zero-order valence-corrected chi connectivity index (χ0v) is 13.3. The largest absolute Gasteiger partial charge is 0.350 e. The van der Waals surface area contributed by atoms with Gasteiger partial charge in [-0.15, -0.1) is 0 Å². The molecule has 0 aromatic heterocycles. The van der Waals surface area contributed by atoms with E-state index in [2.05, 4.69) is 16.0 Å². The molecular formula is C16H20FN3O3. The Morgan fingerprint density at radius 3 is 2.70 bits per heavy atom. The lowest BCUT2D eigenvalue weighted by Gasteiger charge is -2.25. The first-order valence-electron chi connectivity index (χ1n) is 7.34. The lowest BCUT2D eigenvalue weighted by atomic mass is 9.89. The molecule has 23 heavy (non-hydrogen) atoms. The average Bonchev–Trinajstić information content (AvgIpc) is 2.41. The Balaban J connectivity index is 2.06. The fraction of sp³-hybridized carbons (Fsp3) is 0.438. The number of fused-ring (bicyclic) bond motifs is 1. The molecule has 0 saturated heterocycles. The Morgan fingerprint density at radius 2 is 2.04 bits per heavy atom. The van der Waals surface area contributed by atoms with Gasteiger partial charge in [-0.05, 0) is 38.5 Å². The smallest absolute Gasteiger partial charge is 0.239 e. The molecule has 2 rings (SSSR count). The summed E-state index contributed by atoms with van der Waals surface area (Å²) >= 11 is 0. The van der Waals surface area contributed by atoms with Gasteiger partial charge in [0.05, 0.1) is 12.5 Å². The van der Waals surface area contributed by atoms with E-state index in [0.717, 1.165) is 0 Å². The van der Waals surface area contributed by atoms with Gasteiger partial charge in [0.1, 0.15) is 5.82 Å². The van der Waals surface area contributed by atoms with E-state index in [1.54, 1.807) is 0 Å². The van der Waals surface area contributed by atoms with E-state index in [9.17, 15) is 18.8 Å². The quantitative estimate of drug-likeness (QED) is 0.784. The number of benzene rings is 1. The van der Waals surface area contributed by atoms with Crippen molar-refractivity contribution < 1.29 is 18.8 Å². The number of anilines is 1. The Morgan fingerprint density at radius 1 is 1.35 bits per heavy atom. The third-order valence-corrected chi connectivity index (χ3v) is 3.31. The predicted octanol–water partition coefficient (Wildman–Crippen LogP) is 1.28. The molecule has 1 aliphatic heterocycles. The molecule has 0 fully saturated rings. The minimum Gasteiger partial charge on any atom is -0.350 e. The number of halogens is 1. The first kappa shape index (κ1) is 16.9. The van der Waals surface area contributed by atoms with Crippen LogP contribution in [-0.4, -0.2) is 29.8 Å². The molecule has 1 aromatic rings. The number of hydrogen-bond acceptors (Lipinski definition) is 3. The summed E-state index contributed by atoms with van der Waals surface area (Å²) in [6, 6.07) is 3.89.